The highest BCUT2D eigenvalue weighted by Gasteiger charge is 2.35. The molecule has 0 N–H and O–H groups in total. The van der Waals surface area contributed by atoms with Crippen LogP contribution in [0.2, 0.25) is 0 Å². The zero-order chi connectivity index (χ0) is 13.7. The summed E-state index contributed by atoms with van der Waals surface area (Å²) in [6.07, 6.45) is 4.19. The monoisotopic (exact) mass is 259 g/mol. The van der Waals surface area contributed by atoms with Gasteiger partial charge in [-0.2, -0.15) is 0 Å². The van der Waals surface area contributed by atoms with Gasteiger partial charge < -0.3 is 4.57 Å². The van der Waals surface area contributed by atoms with Crippen LogP contribution < -0.4 is 0 Å². The lowest BCUT2D eigenvalue weighted by Crippen LogP contribution is -2.15. The summed E-state index contributed by atoms with van der Waals surface area (Å²) >= 11 is 0. The number of benzene rings is 2. The molecular formula is C19H17N. The Labute approximate surface area is 119 Å². The summed E-state index contributed by atoms with van der Waals surface area (Å²) in [5.74, 6) is 0. The van der Waals surface area contributed by atoms with Crippen molar-refractivity contribution in [3.63, 3.8) is 0 Å². The fourth-order valence-corrected chi connectivity index (χ4v) is 3.36. The lowest BCUT2D eigenvalue weighted by Gasteiger charge is -2.22. The summed E-state index contributed by atoms with van der Waals surface area (Å²) in [6, 6.07) is 19.7. The second-order valence-corrected chi connectivity index (χ2v) is 5.99. The van der Waals surface area contributed by atoms with Crippen LogP contribution in [-0.2, 0) is 5.41 Å². The van der Waals surface area contributed by atoms with Gasteiger partial charge in [0, 0.05) is 23.5 Å². The van der Waals surface area contributed by atoms with E-state index < -0.39 is 0 Å². The van der Waals surface area contributed by atoms with Crippen LogP contribution in [0.3, 0.4) is 0 Å². The van der Waals surface area contributed by atoms with Crippen LogP contribution in [0, 0.1) is 0 Å². The van der Waals surface area contributed by atoms with Gasteiger partial charge in [-0.25, -0.2) is 0 Å². The van der Waals surface area contributed by atoms with Crippen LogP contribution in [0.25, 0.3) is 16.8 Å². The molecule has 0 bridgehead atoms. The van der Waals surface area contributed by atoms with E-state index >= 15 is 0 Å². The van der Waals surface area contributed by atoms with Gasteiger partial charge in [0.05, 0.1) is 0 Å². The first-order valence-corrected chi connectivity index (χ1v) is 7.06. The Bertz CT molecular complexity index is 779. The van der Waals surface area contributed by atoms with Gasteiger partial charge in [0.1, 0.15) is 0 Å². The second kappa shape index (κ2) is 3.86. The maximum atomic E-state index is 2.33. The Kier molecular flexibility index (Phi) is 2.23. The second-order valence-electron chi connectivity index (χ2n) is 5.99. The lowest BCUT2D eigenvalue weighted by atomic mass is 9.82. The van der Waals surface area contributed by atoms with Crippen LogP contribution in [0.15, 0.2) is 67.0 Å². The molecule has 0 amide bonds. The largest absolute Gasteiger partial charge is 0.324 e. The number of aromatic nitrogens is 1. The number of rotatable bonds is 1. The molecule has 0 saturated carbocycles. The van der Waals surface area contributed by atoms with E-state index in [0.29, 0.717) is 0 Å². The normalized spacial score (nSPS) is 14.9. The van der Waals surface area contributed by atoms with E-state index in [2.05, 4.69) is 85.4 Å². The molecular weight excluding hydrogens is 242 g/mol. The smallest absolute Gasteiger partial charge is 0.0452 e. The van der Waals surface area contributed by atoms with Crippen molar-refractivity contribution < 1.29 is 0 Å². The third-order valence-electron chi connectivity index (χ3n) is 4.47. The molecule has 1 heterocycles. The van der Waals surface area contributed by atoms with Gasteiger partial charge in [-0.1, -0.05) is 44.2 Å². The minimum absolute atomic E-state index is 0.0785. The van der Waals surface area contributed by atoms with E-state index in [1.54, 1.807) is 0 Å². The van der Waals surface area contributed by atoms with Crippen molar-refractivity contribution in [1.82, 2.24) is 4.57 Å². The topological polar surface area (TPSA) is 4.93 Å². The minimum atomic E-state index is 0.0785. The third-order valence-corrected chi connectivity index (χ3v) is 4.47. The van der Waals surface area contributed by atoms with E-state index in [9.17, 15) is 0 Å². The molecule has 2 aromatic carbocycles. The van der Waals surface area contributed by atoms with Gasteiger partial charge in [0.25, 0.3) is 0 Å². The van der Waals surface area contributed by atoms with Crippen LogP contribution in [0.1, 0.15) is 25.0 Å². The number of hydrogen-bond acceptors (Lipinski definition) is 0. The number of hydrogen-bond donors (Lipinski definition) is 0. The third kappa shape index (κ3) is 1.44. The standard InChI is InChI=1S/C19H17N/c1-19(2)17-8-4-3-7-15(17)16-10-9-14(13-18(16)19)20-11-5-6-12-20/h3-13H,1-2H3. The highest BCUT2D eigenvalue weighted by atomic mass is 14.9. The first-order chi connectivity index (χ1) is 9.68. The Morgan fingerprint density at radius 2 is 1.45 bits per heavy atom. The Hall–Kier alpha value is -2.28. The maximum absolute atomic E-state index is 2.33. The summed E-state index contributed by atoms with van der Waals surface area (Å²) in [4.78, 5) is 0. The van der Waals surface area contributed by atoms with Crippen molar-refractivity contribution in [1.29, 1.82) is 0 Å². The molecule has 1 aromatic heterocycles. The van der Waals surface area contributed by atoms with E-state index in [0.717, 1.165) is 0 Å². The molecule has 1 aliphatic carbocycles. The molecule has 0 atom stereocenters. The van der Waals surface area contributed by atoms with Crippen LogP contribution in [0.5, 0.6) is 0 Å². The summed E-state index contributed by atoms with van der Waals surface area (Å²) in [5.41, 5.74) is 6.92. The van der Waals surface area contributed by atoms with Gasteiger partial charge >= 0.3 is 0 Å². The summed E-state index contributed by atoms with van der Waals surface area (Å²) < 4.78 is 2.17. The summed E-state index contributed by atoms with van der Waals surface area (Å²) in [6.45, 7) is 4.63. The lowest BCUT2D eigenvalue weighted by molar-refractivity contribution is 0.659. The SMILES string of the molecule is CC1(C)c2ccccc2-c2ccc(-n3cccc3)cc21. The van der Waals surface area contributed by atoms with Gasteiger partial charge in [0.2, 0.25) is 0 Å². The van der Waals surface area contributed by atoms with Crippen molar-refractivity contribution in [3.8, 4) is 16.8 Å². The molecule has 0 spiro atoms. The van der Waals surface area contributed by atoms with Crippen LogP contribution >= 0.6 is 0 Å². The molecule has 1 heteroatoms. The molecule has 3 aromatic rings. The molecule has 0 fully saturated rings. The molecule has 0 radical (unpaired) electrons. The first kappa shape index (κ1) is 11.5. The van der Waals surface area contributed by atoms with E-state index in [-0.39, 0.29) is 5.41 Å². The predicted molar refractivity (Wildman–Crippen MR) is 83.3 cm³/mol. The quantitative estimate of drug-likeness (QED) is 0.592. The molecule has 20 heavy (non-hydrogen) atoms. The van der Waals surface area contributed by atoms with Crippen molar-refractivity contribution in [2.75, 3.05) is 0 Å². The fourth-order valence-electron chi connectivity index (χ4n) is 3.36. The first-order valence-electron chi connectivity index (χ1n) is 7.06. The number of nitrogens with zero attached hydrogens (tertiary/aromatic N) is 1. The van der Waals surface area contributed by atoms with Gasteiger partial charge in [0.15, 0.2) is 0 Å². The van der Waals surface area contributed by atoms with E-state index in [1.165, 1.54) is 27.9 Å². The Balaban J connectivity index is 1.97. The summed E-state index contributed by atoms with van der Waals surface area (Å²) in [7, 11) is 0. The van der Waals surface area contributed by atoms with Crippen molar-refractivity contribution in [2.45, 2.75) is 19.3 Å². The average molecular weight is 259 g/mol. The van der Waals surface area contributed by atoms with Crippen molar-refractivity contribution in [2.24, 2.45) is 0 Å². The zero-order valence-electron chi connectivity index (χ0n) is 11.8. The molecule has 98 valence electrons. The van der Waals surface area contributed by atoms with Gasteiger partial charge in [-0.15, -0.1) is 0 Å². The predicted octanol–water partition coefficient (Wildman–Crippen LogP) is 4.78. The van der Waals surface area contributed by atoms with E-state index in [4.69, 9.17) is 0 Å². The fraction of sp³-hybridized carbons (Fsp3) is 0.158. The van der Waals surface area contributed by atoms with Crippen LogP contribution in [-0.4, -0.2) is 4.57 Å². The van der Waals surface area contributed by atoms with Crippen LogP contribution in [0.4, 0.5) is 0 Å². The van der Waals surface area contributed by atoms with Crippen molar-refractivity contribution >= 4 is 0 Å². The number of fused-ring (bicyclic) bond motifs is 3. The molecule has 1 aliphatic rings. The minimum Gasteiger partial charge on any atom is -0.324 e. The summed E-state index contributed by atoms with van der Waals surface area (Å²) in [5, 5.41) is 0. The van der Waals surface area contributed by atoms with Crippen molar-refractivity contribution in [3.05, 3.63) is 78.1 Å². The molecule has 4 rings (SSSR count). The highest BCUT2D eigenvalue weighted by Crippen LogP contribution is 2.48. The Morgan fingerprint density at radius 3 is 2.25 bits per heavy atom. The zero-order valence-corrected chi connectivity index (χ0v) is 11.8. The maximum Gasteiger partial charge on any atom is 0.0452 e. The average Bonchev–Trinajstić information content (AvgIpc) is 3.07. The Morgan fingerprint density at radius 1 is 0.750 bits per heavy atom. The molecule has 0 saturated heterocycles. The molecule has 0 aliphatic heterocycles. The molecule has 0 unspecified atom stereocenters. The van der Waals surface area contributed by atoms with Gasteiger partial charge in [-0.3, -0.25) is 0 Å². The van der Waals surface area contributed by atoms with Gasteiger partial charge in [-0.05, 0) is 46.5 Å². The highest BCUT2D eigenvalue weighted by molar-refractivity contribution is 5.81. The molecule has 1 nitrogen and oxygen atoms in total. The van der Waals surface area contributed by atoms with E-state index in [1.807, 2.05) is 0 Å².